The fourth-order valence-electron chi connectivity index (χ4n) is 4.43. The fraction of sp³-hybridized carbons (Fsp3) is 0.467. The Labute approximate surface area is 240 Å². The largest absolute Gasteiger partial charge is 0.444 e. The van der Waals surface area contributed by atoms with E-state index in [4.69, 9.17) is 24.5 Å². The molecule has 1 fully saturated rings. The summed E-state index contributed by atoms with van der Waals surface area (Å²) in [6.07, 6.45) is 3.22. The van der Waals surface area contributed by atoms with Gasteiger partial charge in [0, 0.05) is 51.1 Å². The van der Waals surface area contributed by atoms with Crippen LogP contribution in [0.25, 0.3) is 28.2 Å². The number of hydrogen-bond donors (Lipinski definition) is 0. The molecule has 11 heteroatoms. The maximum atomic E-state index is 13.8. The average molecular weight is 566 g/mol. The maximum Gasteiger partial charge on any atom is 0.410 e. The zero-order valence-electron chi connectivity index (χ0n) is 25.0. The Kier molecular flexibility index (Phi) is 9.27. The van der Waals surface area contributed by atoms with E-state index in [9.17, 15) is 9.18 Å². The minimum absolute atomic E-state index is 0.244. The molecule has 1 aliphatic heterocycles. The van der Waals surface area contributed by atoms with E-state index in [0.29, 0.717) is 43.3 Å². The monoisotopic (exact) mass is 565 g/mol. The quantitative estimate of drug-likeness (QED) is 0.307. The predicted molar refractivity (Wildman–Crippen MR) is 158 cm³/mol. The summed E-state index contributed by atoms with van der Waals surface area (Å²) >= 11 is 0. The van der Waals surface area contributed by atoms with Gasteiger partial charge in [-0.2, -0.15) is 5.10 Å². The maximum absolute atomic E-state index is 13.8. The number of anilines is 1. The van der Waals surface area contributed by atoms with Crippen molar-refractivity contribution >= 4 is 22.9 Å². The molecule has 1 aliphatic rings. The van der Waals surface area contributed by atoms with E-state index in [2.05, 4.69) is 4.90 Å². The number of halogens is 1. The Balaban J connectivity index is 0.00000189. The second-order valence-corrected chi connectivity index (χ2v) is 10.7. The molecule has 10 nitrogen and oxygen atoms in total. The van der Waals surface area contributed by atoms with Crippen LogP contribution in [0.1, 0.15) is 40.2 Å². The molecule has 0 atom stereocenters. The van der Waals surface area contributed by atoms with E-state index in [-0.39, 0.29) is 11.9 Å². The van der Waals surface area contributed by atoms with Crippen LogP contribution in [0.4, 0.5) is 14.9 Å². The molecule has 0 N–H and O–H groups in total. The van der Waals surface area contributed by atoms with Crippen LogP contribution in [0, 0.1) is 12.7 Å². The van der Waals surface area contributed by atoms with Gasteiger partial charge in [-0.25, -0.2) is 23.8 Å². The first-order valence-electron chi connectivity index (χ1n) is 14.0. The zero-order valence-corrected chi connectivity index (χ0v) is 25.0. The van der Waals surface area contributed by atoms with Crippen LogP contribution >= 0.6 is 0 Å². The molecule has 1 aromatic carbocycles. The number of ether oxygens (including phenoxy) is 2. The summed E-state index contributed by atoms with van der Waals surface area (Å²) in [5.41, 5.74) is 3.98. The van der Waals surface area contributed by atoms with Gasteiger partial charge in [-0.05, 0) is 57.5 Å². The Bertz CT molecular complexity index is 1490. The normalized spacial score (nSPS) is 13.6. The molecule has 1 amide bonds. The molecule has 220 valence electrons. The van der Waals surface area contributed by atoms with Crippen molar-refractivity contribution in [3.05, 3.63) is 54.2 Å². The van der Waals surface area contributed by atoms with Gasteiger partial charge in [0.2, 0.25) is 0 Å². The summed E-state index contributed by atoms with van der Waals surface area (Å²) in [6.45, 7) is 14.9. The summed E-state index contributed by atoms with van der Waals surface area (Å²) in [7, 11) is 1.72. The smallest absolute Gasteiger partial charge is 0.410 e. The molecule has 0 radical (unpaired) electrons. The highest BCUT2D eigenvalue weighted by Crippen LogP contribution is 2.29. The number of amides is 1. The molecule has 1 saturated heterocycles. The van der Waals surface area contributed by atoms with E-state index in [1.54, 1.807) is 42.0 Å². The van der Waals surface area contributed by atoms with Gasteiger partial charge in [0.25, 0.3) is 0 Å². The molecular weight excluding hydrogens is 525 g/mol. The summed E-state index contributed by atoms with van der Waals surface area (Å²) in [5, 5.41) is 4.75. The number of likely N-dealkylation sites (N-methyl/N-ethyl adjacent to an activating group) is 1. The van der Waals surface area contributed by atoms with E-state index < -0.39 is 5.60 Å². The highest BCUT2D eigenvalue weighted by Gasteiger charge is 2.22. The Morgan fingerprint density at radius 1 is 1.15 bits per heavy atom. The lowest BCUT2D eigenvalue weighted by Gasteiger charge is -2.29. The molecule has 41 heavy (non-hydrogen) atoms. The van der Waals surface area contributed by atoms with Crippen molar-refractivity contribution in [2.75, 3.05) is 44.8 Å². The zero-order chi connectivity index (χ0) is 29.7. The molecule has 0 spiro atoms. The Morgan fingerprint density at radius 3 is 2.56 bits per heavy atom. The molecule has 5 rings (SSSR count). The molecule has 3 aromatic heterocycles. The van der Waals surface area contributed by atoms with Crippen LogP contribution in [0.3, 0.4) is 0 Å². The van der Waals surface area contributed by atoms with Crippen molar-refractivity contribution < 1.29 is 18.7 Å². The van der Waals surface area contributed by atoms with Crippen molar-refractivity contribution in [3.63, 3.8) is 0 Å². The topological polar surface area (TPSA) is 90.5 Å². The summed E-state index contributed by atoms with van der Waals surface area (Å²) in [4.78, 5) is 25.9. The number of hydrogen-bond acceptors (Lipinski definition) is 7. The molecule has 4 aromatic rings. The highest BCUT2D eigenvalue weighted by molar-refractivity contribution is 5.87. The third-order valence-electron chi connectivity index (χ3n) is 6.55. The van der Waals surface area contributed by atoms with Gasteiger partial charge in [0.05, 0.1) is 30.9 Å². The first kappa shape index (κ1) is 30.0. The fourth-order valence-corrected chi connectivity index (χ4v) is 4.43. The van der Waals surface area contributed by atoms with Crippen LogP contribution in [-0.4, -0.2) is 80.8 Å². The minimum atomic E-state index is -0.564. The van der Waals surface area contributed by atoms with E-state index >= 15 is 0 Å². The highest BCUT2D eigenvalue weighted by atomic mass is 19.1. The van der Waals surface area contributed by atoms with Gasteiger partial charge in [-0.1, -0.05) is 13.8 Å². The number of nitrogens with zero attached hydrogens (tertiary/aromatic N) is 7. The van der Waals surface area contributed by atoms with Crippen molar-refractivity contribution in [2.24, 2.45) is 0 Å². The van der Waals surface area contributed by atoms with Crippen molar-refractivity contribution in [1.29, 1.82) is 0 Å². The molecule has 0 unspecified atom stereocenters. The number of carbonyl (C=O) groups excluding carboxylic acids is 1. The van der Waals surface area contributed by atoms with Gasteiger partial charge in [0.15, 0.2) is 11.5 Å². The predicted octanol–water partition coefficient (Wildman–Crippen LogP) is 5.46. The number of benzene rings is 1. The van der Waals surface area contributed by atoms with Crippen LogP contribution in [0.15, 0.2) is 42.9 Å². The molecular formula is C30H40FN7O3. The SMILES string of the molecule is CC.Cc1cc(-c2ccn(-c3cc(N4CCOCC4)c4ncn(CCN(C)C(=O)OC(C)(C)C)c4n3)n2)ccc1F. The molecule has 0 aliphatic carbocycles. The van der Waals surface area contributed by atoms with E-state index in [1.807, 2.05) is 57.5 Å². The first-order chi connectivity index (χ1) is 19.6. The number of pyridine rings is 1. The summed E-state index contributed by atoms with van der Waals surface area (Å²) in [6, 6.07) is 8.84. The van der Waals surface area contributed by atoms with Crippen molar-refractivity contribution in [1.82, 2.24) is 29.2 Å². The van der Waals surface area contributed by atoms with Gasteiger partial charge in [0.1, 0.15) is 16.9 Å². The van der Waals surface area contributed by atoms with Gasteiger partial charge < -0.3 is 23.8 Å². The molecule has 0 bridgehead atoms. The third-order valence-corrected chi connectivity index (χ3v) is 6.55. The number of carbonyl (C=O) groups is 1. The standard InChI is InChI=1S/C28H34FN7O3.C2H6/c1-19-16-20(6-7-21(19)29)22-8-9-36(32-22)24-17-23(34-12-14-38-15-13-34)25-26(31-24)35(18-30-25)11-10-33(5)27(37)39-28(2,3)4;1-2/h6-9,16-18H,10-15H2,1-5H3;1-2H3. The van der Waals surface area contributed by atoms with Crippen LogP contribution in [0.2, 0.25) is 0 Å². The number of rotatable bonds is 6. The Morgan fingerprint density at radius 2 is 1.88 bits per heavy atom. The van der Waals surface area contributed by atoms with E-state index in [1.165, 1.54) is 6.07 Å². The number of fused-ring (bicyclic) bond motifs is 1. The number of aromatic nitrogens is 5. The molecule has 0 saturated carbocycles. The molecule has 4 heterocycles. The minimum Gasteiger partial charge on any atom is -0.444 e. The second-order valence-electron chi connectivity index (χ2n) is 10.7. The van der Waals surface area contributed by atoms with Crippen LogP contribution in [-0.2, 0) is 16.0 Å². The summed E-state index contributed by atoms with van der Waals surface area (Å²) < 4.78 is 28.5. The van der Waals surface area contributed by atoms with Gasteiger partial charge in [-0.15, -0.1) is 0 Å². The van der Waals surface area contributed by atoms with E-state index in [0.717, 1.165) is 35.6 Å². The first-order valence-corrected chi connectivity index (χ1v) is 14.0. The van der Waals surface area contributed by atoms with Crippen LogP contribution < -0.4 is 4.90 Å². The van der Waals surface area contributed by atoms with Crippen molar-refractivity contribution in [2.45, 2.75) is 53.7 Å². The summed E-state index contributed by atoms with van der Waals surface area (Å²) in [5.74, 6) is 0.391. The lowest BCUT2D eigenvalue weighted by molar-refractivity contribution is 0.0294. The average Bonchev–Trinajstić information content (AvgIpc) is 3.61. The lowest BCUT2D eigenvalue weighted by atomic mass is 10.1. The van der Waals surface area contributed by atoms with Crippen molar-refractivity contribution in [3.8, 4) is 17.1 Å². The van der Waals surface area contributed by atoms with Gasteiger partial charge in [-0.3, -0.25) is 0 Å². The number of aryl methyl sites for hydroxylation is 1. The van der Waals surface area contributed by atoms with Gasteiger partial charge >= 0.3 is 6.09 Å². The Hall–Kier alpha value is -3.99. The number of imidazole rings is 1. The number of morpholine rings is 1. The third kappa shape index (κ3) is 7.02. The second kappa shape index (κ2) is 12.7. The lowest BCUT2D eigenvalue weighted by Crippen LogP contribution is -2.36. The van der Waals surface area contributed by atoms with Crippen LogP contribution in [0.5, 0.6) is 0 Å².